The Bertz CT molecular complexity index is 511. The van der Waals surface area contributed by atoms with Crippen molar-refractivity contribution in [2.45, 2.75) is 52.9 Å². The fraction of sp³-hybridized carbons (Fsp3) is 0.625. The van der Waals surface area contributed by atoms with Crippen molar-refractivity contribution in [3.63, 3.8) is 0 Å². The molecule has 0 amide bonds. The van der Waals surface area contributed by atoms with E-state index in [-0.39, 0.29) is 16.6 Å². The topological polar surface area (TPSA) is 34.1 Å². The summed E-state index contributed by atoms with van der Waals surface area (Å²) in [5, 5.41) is 0. The fourth-order valence-electron chi connectivity index (χ4n) is 2.08. The number of benzene rings is 1. The van der Waals surface area contributed by atoms with Crippen LogP contribution in [0.1, 0.15) is 47.1 Å². The minimum Gasteiger partial charge on any atom is -0.224 e. The van der Waals surface area contributed by atoms with Gasteiger partial charge in [0.2, 0.25) is 0 Å². The van der Waals surface area contributed by atoms with Gasteiger partial charge in [-0.15, -0.1) is 0 Å². The normalized spacial score (nSPS) is 13.6. The zero-order valence-corrected chi connectivity index (χ0v) is 13.8. The van der Waals surface area contributed by atoms with Crippen molar-refractivity contribution in [1.29, 1.82) is 0 Å². The van der Waals surface area contributed by atoms with E-state index in [0.29, 0.717) is 4.90 Å². The van der Waals surface area contributed by atoms with Gasteiger partial charge in [-0.05, 0) is 34.9 Å². The van der Waals surface area contributed by atoms with Crippen LogP contribution in [0.15, 0.2) is 29.2 Å². The fourth-order valence-corrected chi connectivity index (χ4v) is 3.94. The van der Waals surface area contributed by atoms with Crippen LogP contribution in [0.5, 0.6) is 0 Å². The zero-order chi connectivity index (χ0) is 14.9. The molecule has 0 heterocycles. The molecule has 0 saturated heterocycles. The standard InChI is InChI=1S/C16H26O2S/c1-15(2,3)11-13-7-9-14(10-8-13)19(17,18)12-16(4,5)6/h7-10H,11-12H2,1-6H3. The highest BCUT2D eigenvalue weighted by molar-refractivity contribution is 7.91. The molecule has 0 bridgehead atoms. The molecule has 108 valence electrons. The van der Waals surface area contributed by atoms with E-state index in [1.165, 1.54) is 5.56 Å². The second kappa shape index (κ2) is 5.28. The van der Waals surface area contributed by atoms with Crippen molar-refractivity contribution >= 4 is 9.84 Å². The number of rotatable bonds is 3. The van der Waals surface area contributed by atoms with Gasteiger partial charge in [0, 0.05) is 0 Å². The lowest BCUT2D eigenvalue weighted by atomic mass is 9.88. The highest BCUT2D eigenvalue weighted by atomic mass is 32.2. The molecule has 3 heteroatoms. The quantitative estimate of drug-likeness (QED) is 0.836. The first-order valence-electron chi connectivity index (χ1n) is 6.71. The molecule has 0 aliphatic carbocycles. The zero-order valence-electron chi connectivity index (χ0n) is 12.9. The average molecular weight is 282 g/mol. The van der Waals surface area contributed by atoms with Crippen LogP contribution in [0.2, 0.25) is 0 Å². The van der Waals surface area contributed by atoms with E-state index in [0.717, 1.165) is 6.42 Å². The van der Waals surface area contributed by atoms with Gasteiger partial charge >= 0.3 is 0 Å². The monoisotopic (exact) mass is 282 g/mol. The van der Waals surface area contributed by atoms with Gasteiger partial charge < -0.3 is 0 Å². The van der Waals surface area contributed by atoms with E-state index in [4.69, 9.17) is 0 Å². The predicted molar refractivity (Wildman–Crippen MR) is 81.1 cm³/mol. The molecule has 0 aliphatic heterocycles. The summed E-state index contributed by atoms with van der Waals surface area (Å²) in [6.07, 6.45) is 0.951. The Labute approximate surface area is 118 Å². The van der Waals surface area contributed by atoms with Crippen LogP contribution in [-0.4, -0.2) is 14.2 Å². The Kier molecular flexibility index (Phi) is 4.51. The Hall–Kier alpha value is -0.830. The maximum Gasteiger partial charge on any atom is 0.178 e. The van der Waals surface area contributed by atoms with E-state index in [1.54, 1.807) is 12.1 Å². The third-order valence-corrected chi connectivity index (χ3v) is 4.88. The van der Waals surface area contributed by atoms with Gasteiger partial charge in [-0.25, -0.2) is 8.42 Å². The molecule has 0 atom stereocenters. The molecule has 1 aromatic carbocycles. The minimum absolute atomic E-state index is 0.179. The summed E-state index contributed by atoms with van der Waals surface area (Å²) in [5.41, 5.74) is 1.18. The molecule has 1 rings (SSSR count). The summed E-state index contributed by atoms with van der Waals surface area (Å²) in [4.78, 5) is 0.431. The second-order valence-corrected chi connectivity index (χ2v) is 9.69. The lowest BCUT2D eigenvalue weighted by Gasteiger charge is -2.19. The van der Waals surface area contributed by atoms with Crippen molar-refractivity contribution < 1.29 is 8.42 Å². The first-order chi connectivity index (χ1) is 8.39. The van der Waals surface area contributed by atoms with Crippen LogP contribution in [-0.2, 0) is 16.3 Å². The van der Waals surface area contributed by atoms with Crippen LogP contribution < -0.4 is 0 Å². The van der Waals surface area contributed by atoms with Crippen molar-refractivity contribution in [2.75, 3.05) is 5.75 Å². The van der Waals surface area contributed by atoms with Crippen LogP contribution in [0.25, 0.3) is 0 Å². The van der Waals surface area contributed by atoms with E-state index >= 15 is 0 Å². The molecule has 0 N–H and O–H groups in total. The Morgan fingerprint density at radius 3 is 1.68 bits per heavy atom. The summed E-state index contributed by atoms with van der Waals surface area (Å²) in [5.74, 6) is 0.179. The average Bonchev–Trinajstić information content (AvgIpc) is 2.11. The number of sulfone groups is 1. The third-order valence-electron chi connectivity index (χ3n) is 2.64. The number of hydrogen-bond donors (Lipinski definition) is 0. The van der Waals surface area contributed by atoms with Crippen molar-refractivity contribution in [2.24, 2.45) is 10.8 Å². The van der Waals surface area contributed by atoms with Gasteiger partial charge in [-0.2, -0.15) is 0 Å². The molecule has 2 nitrogen and oxygen atoms in total. The molecule has 0 radical (unpaired) electrons. The number of hydrogen-bond acceptors (Lipinski definition) is 2. The summed E-state index contributed by atoms with van der Waals surface area (Å²) < 4.78 is 24.5. The first kappa shape index (κ1) is 16.2. The van der Waals surface area contributed by atoms with E-state index < -0.39 is 9.84 Å². The Morgan fingerprint density at radius 1 is 0.842 bits per heavy atom. The lowest BCUT2D eigenvalue weighted by Crippen LogP contribution is -2.20. The van der Waals surface area contributed by atoms with Gasteiger partial charge in [0.15, 0.2) is 9.84 Å². The van der Waals surface area contributed by atoms with Crippen molar-refractivity contribution in [3.8, 4) is 0 Å². The Balaban J connectivity index is 2.93. The van der Waals surface area contributed by atoms with Crippen LogP contribution in [0.3, 0.4) is 0 Å². The Morgan fingerprint density at radius 2 is 1.32 bits per heavy atom. The summed E-state index contributed by atoms with van der Waals surface area (Å²) in [6.45, 7) is 12.4. The summed E-state index contributed by atoms with van der Waals surface area (Å²) in [7, 11) is -3.18. The van der Waals surface area contributed by atoms with Crippen molar-refractivity contribution in [3.05, 3.63) is 29.8 Å². The van der Waals surface area contributed by atoms with Crippen LogP contribution in [0.4, 0.5) is 0 Å². The van der Waals surface area contributed by atoms with Gasteiger partial charge in [0.05, 0.1) is 10.6 Å². The molecule has 1 aromatic rings. The summed E-state index contributed by atoms with van der Waals surface area (Å²) in [6, 6.07) is 7.34. The smallest absolute Gasteiger partial charge is 0.178 e. The highest BCUT2D eigenvalue weighted by Gasteiger charge is 2.23. The molecule has 19 heavy (non-hydrogen) atoms. The predicted octanol–water partition coefficient (Wildman–Crippen LogP) is 4.10. The molecule has 0 spiro atoms. The molecule has 0 aliphatic rings. The maximum atomic E-state index is 12.2. The SMILES string of the molecule is CC(C)(C)Cc1ccc(S(=O)(=O)CC(C)(C)C)cc1. The highest BCUT2D eigenvalue weighted by Crippen LogP contribution is 2.24. The lowest BCUT2D eigenvalue weighted by molar-refractivity contribution is 0.411. The molecule has 0 unspecified atom stereocenters. The second-order valence-electron chi connectivity index (χ2n) is 7.70. The van der Waals surface area contributed by atoms with Gasteiger partial charge in [0.25, 0.3) is 0 Å². The first-order valence-corrected chi connectivity index (χ1v) is 8.36. The van der Waals surface area contributed by atoms with E-state index in [9.17, 15) is 8.42 Å². The third kappa shape index (κ3) is 5.77. The molecule has 0 saturated carbocycles. The largest absolute Gasteiger partial charge is 0.224 e. The van der Waals surface area contributed by atoms with Crippen LogP contribution >= 0.6 is 0 Å². The van der Waals surface area contributed by atoms with E-state index in [2.05, 4.69) is 20.8 Å². The van der Waals surface area contributed by atoms with Crippen molar-refractivity contribution in [1.82, 2.24) is 0 Å². The van der Waals surface area contributed by atoms with Gasteiger partial charge in [0.1, 0.15) is 0 Å². The van der Waals surface area contributed by atoms with E-state index in [1.807, 2.05) is 32.9 Å². The molecule has 0 fully saturated rings. The molecular formula is C16H26O2S. The van der Waals surface area contributed by atoms with Gasteiger partial charge in [-0.1, -0.05) is 53.7 Å². The van der Waals surface area contributed by atoms with Gasteiger partial charge in [-0.3, -0.25) is 0 Å². The summed E-state index contributed by atoms with van der Waals surface area (Å²) >= 11 is 0. The molecule has 0 aromatic heterocycles. The van der Waals surface area contributed by atoms with Crippen LogP contribution in [0, 0.1) is 10.8 Å². The molecular weight excluding hydrogens is 256 g/mol. The minimum atomic E-state index is -3.18. The maximum absolute atomic E-state index is 12.2.